The lowest BCUT2D eigenvalue weighted by Gasteiger charge is -2.09. The summed E-state index contributed by atoms with van der Waals surface area (Å²) in [4.78, 5) is 2.74. The number of nitrogens with one attached hydrogen (secondary N) is 1. The Labute approximate surface area is 99.9 Å². The largest absolute Gasteiger partial charge is 0.419 e. The number of aromatic nitrogens is 1. The predicted octanol–water partition coefficient (Wildman–Crippen LogP) is 3.33. The summed E-state index contributed by atoms with van der Waals surface area (Å²) in [5, 5.41) is 8.85. The van der Waals surface area contributed by atoms with Gasteiger partial charge in [0.05, 0.1) is 12.2 Å². The maximum atomic E-state index is 13.1. The van der Waals surface area contributed by atoms with Crippen molar-refractivity contribution in [2.75, 3.05) is 0 Å². The highest BCUT2D eigenvalue weighted by Crippen LogP contribution is 2.34. The van der Waals surface area contributed by atoms with Crippen molar-refractivity contribution in [3.63, 3.8) is 0 Å². The molecule has 0 saturated carbocycles. The van der Waals surface area contributed by atoms with Gasteiger partial charge in [0.15, 0.2) is 0 Å². The first kappa shape index (κ1) is 12.6. The van der Waals surface area contributed by atoms with Crippen molar-refractivity contribution in [1.29, 1.82) is 0 Å². The molecule has 0 amide bonds. The standard InChI is InChI=1S/C12H9F4NO/c13-10-3-1-7(5-9(10)12(14,15)16)11-4-2-8(6-18)17-11/h1-5,17-18H,6H2. The van der Waals surface area contributed by atoms with Gasteiger partial charge in [0, 0.05) is 11.4 Å². The second kappa shape index (κ2) is 4.45. The van der Waals surface area contributed by atoms with Gasteiger partial charge in [-0.15, -0.1) is 0 Å². The summed E-state index contributed by atoms with van der Waals surface area (Å²) in [6, 6.07) is 5.84. The van der Waals surface area contributed by atoms with Crippen molar-refractivity contribution in [3.05, 3.63) is 47.4 Å². The first-order chi connectivity index (χ1) is 8.41. The number of hydrogen-bond acceptors (Lipinski definition) is 1. The number of halogens is 4. The Balaban J connectivity index is 2.47. The van der Waals surface area contributed by atoms with E-state index in [1.54, 1.807) is 6.07 Å². The minimum Gasteiger partial charge on any atom is -0.390 e. The highest BCUT2D eigenvalue weighted by atomic mass is 19.4. The average molecular weight is 259 g/mol. The molecule has 1 heterocycles. The Morgan fingerprint density at radius 1 is 1.11 bits per heavy atom. The Kier molecular flexibility index (Phi) is 3.13. The number of aliphatic hydroxyl groups excluding tert-OH is 1. The first-order valence-electron chi connectivity index (χ1n) is 5.07. The Bertz CT molecular complexity index is 559. The third-order valence-corrected chi connectivity index (χ3v) is 2.50. The van der Waals surface area contributed by atoms with Crippen LogP contribution in [0.2, 0.25) is 0 Å². The Morgan fingerprint density at radius 3 is 2.39 bits per heavy atom. The van der Waals surface area contributed by atoms with Gasteiger partial charge in [0.2, 0.25) is 0 Å². The molecule has 1 aromatic carbocycles. The van der Waals surface area contributed by atoms with E-state index in [0.717, 1.165) is 12.1 Å². The van der Waals surface area contributed by atoms with Crippen molar-refractivity contribution >= 4 is 0 Å². The third-order valence-electron chi connectivity index (χ3n) is 2.50. The van der Waals surface area contributed by atoms with Crippen molar-refractivity contribution < 1.29 is 22.7 Å². The van der Waals surface area contributed by atoms with Gasteiger partial charge in [-0.1, -0.05) is 0 Å². The zero-order valence-electron chi connectivity index (χ0n) is 9.05. The Morgan fingerprint density at radius 2 is 1.83 bits per heavy atom. The summed E-state index contributed by atoms with van der Waals surface area (Å²) in [5.74, 6) is -1.31. The normalized spacial score (nSPS) is 11.8. The van der Waals surface area contributed by atoms with E-state index in [4.69, 9.17) is 5.11 Å². The van der Waals surface area contributed by atoms with Gasteiger partial charge in [-0.2, -0.15) is 13.2 Å². The van der Waals surface area contributed by atoms with Gasteiger partial charge in [0.1, 0.15) is 5.82 Å². The zero-order chi connectivity index (χ0) is 13.3. The van der Waals surface area contributed by atoms with Crippen LogP contribution in [0.5, 0.6) is 0 Å². The van der Waals surface area contributed by atoms with E-state index in [2.05, 4.69) is 4.98 Å². The van der Waals surface area contributed by atoms with E-state index in [-0.39, 0.29) is 12.2 Å². The third kappa shape index (κ3) is 2.38. The van der Waals surface area contributed by atoms with Gasteiger partial charge < -0.3 is 10.1 Å². The molecule has 0 unspecified atom stereocenters. The maximum Gasteiger partial charge on any atom is 0.419 e. The minimum atomic E-state index is -4.73. The van der Waals surface area contributed by atoms with Gasteiger partial charge >= 0.3 is 6.18 Å². The molecular weight excluding hydrogens is 250 g/mol. The zero-order valence-corrected chi connectivity index (χ0v) is 9.05. The molecule has 2 aromatic rings. The molecule has 0 fully saturated rings. The fraction of sp³-hybridized carbons (Fsp3) is 0.167. The highest BCUT2D eigenvalue weighted by molar-refractivity contribution is 5.61. The molecule has 0 radical (unpaired) electrons. The van der Waals surface area contributed by atoms with Crippen LogP contribution in [0.15, 0.2) is 30.3 Å². The van der Waals surface area contributed by atoms with Gasteiger partial charge in [-0.05, 0) is 35.9 Å². The fourth-order valence-corrected chi connectivity index (χ4v) is 1.61. The van der Waals surface area contributed by atoms with E-state index in [9.17, 15) is 17.6 Å². The lowest BCUT2D eigenvalue weighted by Crippen LogP contribution is -2.08. The molecule has 2 N–H and O–H groups in total. The number of rotatable bonds is 2. The molecular formula is C12H9F4NO. The highest BCUT2D eigenvalue weighted by Gasteiger charge is 2.34. The SMILES string of the molecule is OCc1ccc(-c2ccc(F)c(C(F)(F)F)c2)[nH]1. The first-order valence-corrected chi connectivity index (χ1v) is 5.07. The summed E-state index contributed by atoms with van der Waals surface area (Å²) in [6.45, 7) is -0.243. The summed E-state index contributed by atoms with van der Waals surface area (Å²) in [5.41, 5.74) is -0.226. The van der Waals surface area contributed by atoms with Gasteiger partial charge in [0.25, 0.3) is 0 Å². The average Bonchev–Trinajstić information content (AvgIpc) is 2.76. The van der Waals surface area contributed by atoms with E-state index >= 15 is 0 Å². The van der Waals surface area contributed by atoms with Gasteiger partial charge in [-0.25, -0.2) is 4.39 Å². The van der Waals surface area contributed by atoms with Crippen LogP contribution in [-0.2, 0) is 12.8 Å². The van der Waals surface area contributed by atoms with Crippen LogP contribution in [0.25, 0.3) is 11.3 Å². The second-order valence-electron chi connectivity index (χ2n) is 3.75. The summed E-state index contributed by atoms with van der Waals surface area (Å²) >= 11 is 0. The summed E-state index contributed by atoms with van der Waals surface area (Å²) in [7, 11) is 0. The van der Waals surface area contributed by atoms with Gasteiger partial charge in [-0.3, -0.25) is 0 Å². The number of alkyl halides is 3. The van der Waals surface area contributed by atoms with Crippen molar-refractivity contribution in [2.24, 2.45) is 0 Å². The smallest absolute Gasteiger partial charge is 0.390 e. The van der Waals surface area contributed by atoms with E-state index < -0.39 is 17.6 Å². The molecule has 0 aliphatic heterocycles. The number of benzene rings is 1. The molecule has 6 heteroatoms. The lowest BCUT2D eigenvalue weighted by atomic mass is 10.1. The molecule has 0 aliphatic carbocycles. The molecule has 0 bridgehead atoms. The molecule has 0 atom stereocenters. The molecule has 0 spiro atoms. The molecule has 0 saturated heterocycles. The summed E-state index contributed by atoms with van der Waals surface area (Å²) < 4.78 is 50.7. The lowest BCUT2D eigenvalue weighted by molar-refractivity contribution is -0.139. The van der Waals surface area contributed by atoms with E-state index in [0.29, 0.717) is 11.4 Å². The Hall–Kier alpha value is -1.82. The van der Waals surface area contributed by atoms with E-state index in [1.807, 2.05) is 0 Å². The van der Waals surface area contributed by atoms with Crippen LogP contribution in [0.1, 0.15) is 11.3 Å². The maximum absolute atomic E-state index is 13.1. The molecule has 2 nitrogen and oxygen atoms in total. The molecule has 18 heavy (non-hydrogen) atoms. The molecule has 2 rings (SSSR count). The minimum absolute atomic E-state index is 0.212. The van der Waals surface area contributed by atoms with Crippen LogP contribution in [0, 0.1) is 5.82 Å². The second-order valence-corrected chi connectivity index (χ2v) is 3.75. The number of aliphatic hydroxyl groups is 1. The quantitative estimate of drug-likeness (QED) is 0.797. The van der Waals surface area contributed by atoms with Crippen molar-refractivity contribution in [1.82, 2.24) is 4.98 Å². The monoisotopic (exact) mass is 259 g/mol. The van der Waals surface area contributed by atoms with Crippen LogP contribution < -0.4 is 0 Å². The molecule has 1 aromatic heterocycles. The van der Waals surface area contributed by atoms with Crippen LogP contribution in [-0.4, -0.2) is 10.1 Å². The number of H-pyrrole nitrogens is 1. The van der Waals surface area contributed by atoms with Crippen LogP contribution >= 0.6 is 0 Å². The van der Waals surface area contributed by atoms with E-state index in [1.165, 1.54) is 12.1 Å². The van der Waals surface area contributed by atoms with Crippen LogP contribution in [0.3, 0.4) is 0 Å². The number of aromatic amines is 1. The van der Waals surface area contributed by atoms with Crippen molar-refractivity contribution in [2.45, 2.75) is 12.8 Å². The van der Waals surface area contributed by atoms with Crippen molar-refractivity contribution in [3.8, 4) is 11.3 Å². The topological polar surface area (TPSA) is 36.0 Å². The number of hydrogen-bond donors (Lipinski definition) is 2. The molecule has 0 aliphatic rings. The predicted molar refractivity (Wildman–Crippen MR) is 57.1 cm³/mol. The molecule has 96 valence electrons. The van der Waals surface area contributed by atoms with Crippen LogP contribution in [0.4, 0.5) is 17.6 Å². The summed E-state index contributed by atoms with van der Waals surface area (Å²) in [6.07, 6.45) is -4.73. The fourth-order valence-electron chi connectivity index (χ4n) is 1.61.